The highest BCUT2D eigenvalue weighted by Crippen LogP contribution is 2.42. The molecule has 20 rings (SSSR count). The van der Waals surface area contributed by atoms with Crippen LogP contribution in [0.4, 0.5) is 0 Å². The lowest BCUT2D eigenvalue weighted by atomic mass is 9.98. The standard InChI is InChI=1S/2C20H21N7O2S.C20H24N6O3S.C19H21N7O2S.C19H20N6O3S/c21-30(28,29)18-5-1-4-17(19(18)20-24-26-27-25-20)15-8-6-14(7-9-15)13-22-12-10-16-3-2-11-23-16;21-30(28,29)18-3-1-2-17(19(18)20-24-26-27-25-20)16-6-4-14(5-7-16)12-22-10-8-15-9-11-23-13-15;1-2-15-10-16(27)12-26(15)11-13-6-8-14(9-7-13)17-4-3-5-18(30(21,28)29)19(17)20-22-24-25-23-20;1-13-11-26(10-9-21-13)12-14-5-7-15(8-6-14)16-3-2-4-17(29(20,27)28)18(16)19-22-24-25-23-19;20-29(27,28)17-6-1-3-14(18(17)19-22-24-25-23-19)13-9-7-12(8-10-13)11-21-15-4-2-5-16(15)26/h1-9,22H,10-13H2,(H2,21,28,29)(H,24,25,26,27);1-7,9,11,13,22-23H,8,10,12H2,(H2,21,28,29)(H,24,25,26,27);3-9,15-16,27H,2,10-12H2,1H3,(H2,21,28,29)(H,22,23,24,25);2-8,21H,1,9-12H2,(H2,20,27,28)(H,22,23,24,25);1,3,6-10,15,21H,2,4-5,11H2,(H2,20,27,28)(H,22,23,24,25)/t;;15-,16-;;/m..1../s1. The summed E-state index contributed by atoms with van der Waals surface area (Å²) in [6.07, 6.45) is 13.9. The highest BCUT2D eigenvalue weighted by Gasteiger charge is 2.33. The molecule has 0 amide bonds. The number of primary sulfonamides is 5. The third-order valence-electron chi connectivity index (χ3n) is 24.9. The number of nitrogens with one attached hydrogen (secondary N) is 10. The summed E-state index contributed by atoms with van der Waals surface area (Å²) in [4.78, 5) is 23.5. The summed E-state index contributed by atoms with van der Waals surface area (Å²) in [5, 5.41) is 119. The molecule has 16 aromatic rings. The molecule has 10 aromatic carbocycles. The van der Waals surface area contributed by atoms with E-state index >= 15 is 0 Å². The van der Waals surface area contributed by atoms with Gasteiger partial charge in [0.15, 0.2) is 0 Å². The number of nitrogens with two attached hydrogens (primary N) is 5. The number of nitrogens with zero attached hydrogens (tertiary/aromatic N) is 18. The smallest absolute Gasteiger partial charge is 0.238 e. The zero-order valence-electron chi connectivity index (χ0n) is 79.9. The molecule has 0 radical (unpaired) electrons. The van der Waals surface area contributed by atoms with Gasteiger partial charge in [0.2, 0.25) is 79.2 Å². The number of hydrogen-bond donors (Lipinski definition) is 16. The molecule has 45 nitrogen and oxygen atoms in total. The number of ketones is 1. The van der Waals surface area contributed by atoms with E-state index in [9.17, 15) is 52.0 Å². The Bertz CT molecular complexity index is 7930. The van der Waals surface area contributed by atoms with E-state index in [1.54, 1.807) is 42.5 Å². The van der Waals surface area contributed by atoms with Crippen LogP contribution in [0.1, 0.15) is 78.8 Å². The van der Waals surface area contributed by atoms with E-state index in [4.69, 9.17) is 25.7 Å². The number of tetrazole rings is 5. The number of piperazine rings is 1. The number of benzene rings is 10. The second-order valence-electron chi connectivity index (χ2n) is 35.0. The van der Waals surface area contributed by atoms with Crippen molar-refractivity contribution in [3.8, 4) is 113 Å². The minimum Gasteiger partial charge on any atom is -0.392 e. The molecular weight excluding hydrogens is 1990 g/mol. The predicted molar refractivity (Wildman–Crippen MR) is 553 cm³/mol. The SMILES string of the molecule is C=C1CN(Cc2ccc(-c3cccc(S(N)(=O)=O)c3-c3nn[nH]n3)cc2)CCN1.CC[C@@H]1C[C@@H](O)CN1Cc1ccc(-c2cccc(S(N)(=O)=O)c2-c2nn[nH]n2)cc1.NS(=O)(=O)c1cccc(-c2ccc(CNC3CCCC3=O)cc2)c1-c1nn[nH]n1.NS(=O)(=O)c1cccc(-c2ccc(CNCCC3=NCC=C3)cc2)c1-c1nn[nH]n1.NS(=O)(=O)c1cccc(-c2ccc(CNCCc3cc[nH]c3)cc2)c1-c1nn[nH]n1. The molecule has 0 spiro atoms. The maximum atomic E-state index is 12.1. The number of rotatable bonds is 33. The molecule has 2 saturated heterocycles. The van der Waals surface area contributed by atoms with E-state index in [1.807, 2.05) is 152 Å². The summed E-state index contributed by atoms with van der Waals surface area (Å²) in [5.74, 6) is 1.10. The zero-order chi connectivity index (χ0) is 104. The number of H-pyrrole nitrogens is 6. The zero-order valence-corrected chi connectivity index (χ0v) is 84.0. The second kappa shape index (κ2) is 47.9. The van der Waals surface area contributed by atoms with Crippen LogP contribution in [0.25, 0.3) is 113 Å². The van der Waals surface area contributed by atoms with Crippen molar-refractivity contribution in [3.05, 3.63) is 289 Å². The number of Topliss-reactive ketones (excluding diaryl/α,β-unsaturated/α-hetero) is 1. The van der Waals surface area contributed by atoms with E-state index < -0.39 is 50.1 Å². The summed E-state index contributed by atoms with van der Waals surface area (Å²) >= 11 is 0. The minimum absolute atomic E-state index is 0.0418. The Balaban J connectivity index is 0.000000132. The molecule has 1 aliphatic carbocycles. The van der Waals surface area contributed by atoms with Crippen molar-refractivity contribution in [3.63, 3.8) is 0 Å². The summed E-state index contributed by atoms with van der Waals surface area (Å²) < 4.78 is 121. The van der Waals surface area contributed by atoms with Crippen molar-refractivity contribution in [1.82, 2.24) is 139 Å². The van der Waals surface area contributed by atoms with Crippen LogP contribution in [0.15, 0.2) is 285 Å². The Morgan fingerprint density at radius 1 is 0.439 bits per heavy atom. The largest absolute Gasteiger partial charge is 0.392 e. The topological polar surface area (TPSA) is 693 Å². The van der Waals surface area contributed by atoms with Gasteiger partial charge in [-0.3, -0.25) is 19.6 Å². The first kappa shape index (κ1) is 106. The van der Waals surface area contributed by atoms with Crippen molar-refractivity contribution in [2.24, 2.45) is 30.7 Å². The number of aromatic amines is 6. The van der Waals surface area contributed by atoms with Crippen LogP contribution < -0.4 is 47.0 Å². The van der Waals surface area contributed by atoms with Crippen molar-refractivity contribution in [2.45, 2.75) is 127 Å². The summed E-state index contributed by atoms with van der Waals surface area (Å²) in [7, 11) is -19.9. The minimum atomic E-state index is -3.99. The van der Waals surface area contributed by atoms with Gasteiger partial charge in [0.05, 0.1) is 71.0 Å². The number of sulfonamides is 5. The summed E-state index contributed by atoms with van der Waals surface area (Å²) in [5.41, 5.74) is 17.9. The van der Waals surface area contributed by atoms with Crippen LogP contribution >= 0.6 is 0 Å². The van der Waals surface area contributed by atoms with Gasteiger partial charge in [-0.1, -0.05) is 202 Å². The van der Waals surface area contributed by atoms with Crippen molar-refractivity contribution >= 4 is 61.6 Å². The van der Waals surface area contributed by atoms with E-state index in [-0.39, 0.29) is 71.5 Å². The lowest BCUT2D eigenvalue weighted by molar-refractivity contribution is -0.119. The quantitative estimate of drug-likeness (QED) is 0.0177. The number of likely N-dealkylation sites (tertiary alicyclic amines) is 1. The first-order chi connectivity index (χ1) is 71.3. The Kier molecular flexibility index (Phi) is 34.2. The van der Waals surface area contributed by atoms with Gasteiger partial charge in [-0.25, -0.2) is 67.8 Å². The van der Waals surface area contributed by atoms with Crippen molar-refractivity contribution < 1.29 is 52.0 Å². The second-order valence-corrected chi connectivity index (χ2v) is 42.7. The monoisotopic (exact) mass is 2100 g/mol. The van der Waals surface area contributed by atoms with Crippen molar-refractivity contribution in [2.75, 3.05) is 45.8 Å². The number of carbonyl (C=O) groups excluding carboxylic acids is 1. The maximum Gasteiger partial charge on any atom is 0.238 e. The molecule has 3 atom stereocenters. The number of aromatic nitrogens is 21. The Hall–Kier alpha value is -15.2. The van der Waals surface area contributed by atoms with Crippen LogP contribution in [0.5, 0.6) is 0 Å². The van der Waals surface area contributed by atoms with Crippen LogP contribution in [0.3, 0.4) is 0 Å². The van der Waals surface area contributed by atoms with Gasteiger partial charge in [0.25, 0.3) is 0 Å². The maximum absolute atomic E-state index is 12.1. The third kappa shape index (κ3) is 27.2. The number of allylic oxidation sites excluding steroid dienone is 1. The fraction of sp³-hybridized carbons (Fsp3) is 0.235. The molecule has 148 heavy (non-hydrogen) atoms. The van der Waals surface area contributed by atoms with Crippen LogP contribution in [0, 0.1) is 0 Å². The lowest BCUT2D eigenvalue weighted by Gasteiger charge is -2.29. The molecule has 50 heteroatoms. The molecule has 1 saturated carbocycles. The van der Waals surface area contributed by atoms with Gasteiger partial charge in [0, 0.05) is 108 Å². The molecular formula is C98H107N33O12S5. The number of aliphatic hydroxyl groups excluding tert-OH is 1. The third-order valence-corrected chi connectivity index (χ3v) is 29.6. The first-order valence-electron chi connectivity index (χ1n) is 46.8. The van der Waals surface area contributed by atoms with Gasteiger partial charge in [0.1, 0.15) is 5.78 Å². The van der Waals surface area contributed by atoms with Crippen LogP contribution in [0.2, 0.25) is 0 Å². The molecule has 9 heterocycles. The van der Waals surface area contributed by atoms with Gasteiger partial charge in [-0.2, -0.15) is 26.1 Å². The molecule has 1 unspecified atom stereocenters. The van der Waals surface area contributed by atoms with Crippen LogP contribution in [-0.4, -0.2) is 241 Å². The van der Waals surface area contributed by atoms with Gasteiger partial charge in [-0.15, -0.1) is 51.0 Å². The number of aliphatic imine (C=N–C) groups is 1. The normalized spacial score (nSPS) is 15.5. The fourth-order valence-electron chi connectivity index (χ4n) is 17.8. The van der Waals surface area contributed by atoms with Gasteiger partial charge >= 0.3 is 0 Å². The summed E-state index contributed by atoms with van der Waals surface area (Å²) in [6, 6.07) is 66.1. The summed E-state index contributed by atoms with van der Waals surface area (Å²) in [6.45, 7) is 15.6. The molecule has 0 bridgehead atoms. The van der Waals surface area contributed by atoms with E-state index in [0.29, 0.717) is 81.2 Å². The lowest BCUT2D eigenvalue weighted by Crippen LogP contribution is -2.41. The Morgan fingerprint density at radius 2 is 0.797 bits per heavy atom. The number of aliphatic hydroxyl groups is 1. The number of carbonyl (C=O) groups is 1. The molecule has 766 valence electrons. The average molecular weight is 2100 g/mol. The Labute approximate surface area is 852 Å². The highest BCUT2D eigenvalue weighted by molar-refractivity contribution is 7.90. The highest BCUT2D eigenvalue weighted by atomic mass is 32.2. The fourth-order valence-corrected chi connectivity index (χ4v) is 21.6. The predicted octanol–water partition coefficient (Wildman–Crippen LogP) is 7.53. The molecule has 6 aromatic heterocycles. The number of hydrogen-bond acceptors (Lipinski definition) is 34. The van der Waals surface area contributed by atoms with Crippen LogP contribution in [-0.2, 0) is 94.1 Å². The van der Waals surface area contributed by atoms with Gasteiger partial charge < -0.3 is 31.4 Å². The first-order valence-corrected chi connectivity index (χ1v) is 54.5. The van der Waals surface area contributed by atoms with Crippen molar-refractivity contribution in [1.29, 1.82) is 0 Å². The average Bonchev–Trinajstić information content (AvgIpc) is 1.32. The molecule has 3 aliphatic heterocycles. The van der Waals surface area contributed by atoms with Gasteiger partial charge in [-0.05, 0) is 196 Å². The van der Waals surface area contributed by atoms with E-state index in [2.05, 4.69) is 176 Å². The molecule has 4 aliphatic rings. The van der Waals surface area contributed by atoms with E-state index in [0.717, 1.165) is 171 Å². The number of β-amino-alcohol motifs (C(OH)–C–C–N with tert-alkyl or cyclic N) is 1. The van der Waals surface area contributed by atoms with E-state index in [1.165, 1.54) is 35.9 Å². The Morgan fingerprint density at radius 3 is 1.11 bits per heavy atom. The molecule has 21 N–H and O–H groups in total. The molecule has 3 fully saturated rings.